The summed E-state index contributed by atoms with van der Waals surface area (Å²) in [4.78, 5) is 14.2. The van der Waals surface area contributed by atoms with Crippen molar-refractivity contribution in [3.8, 4) is 11.6 Å². The lowest BCUT2D eigenvalue weighted by atomic mass is 10.3. The van der Waals surface area contributed by atoms with Crippen molar-refractivity contribution in [2.24, 2.45) is 5.73 Å². The SMILES string of the molecule is NC(=S)Nc1cccc(Oc2ncccc2[N+](=O)[O-])c1. The monoisotopic (exact) mass is 290 g/mol. The molecule has 0 aliphatic rings. The zero-order valence-corrected chi connectivity index (χ0v) is 11.0. The number of hydrogen-bond acceptors (Lipinski definition) is 5. The Hall–Kier alpha value is -2.74. The van der Waals surface area contributed by atoms with Crippen LogP contribution in [-0.4, -0.2) is 15.0 Å². The molecule has 0 aliphatic carbocycles. The second-order valence-corrected chi connectivity index (χ2v) is 4.14. The summed E-state index contributed by atoms with van der Waals surface area (Å²) in [5.74, 6) is 0.304. The molecule has 0 saturated carbocycles. The summed E-state index contributed by atoms with van der Waals surface area (Å²) in [5.41, 5.74) is 5.78. The van der Waals surface area contributed by atoms with Crippen molar-refractivity contribution in [2.75, 3.05) is 5.32 Å². The molecule has 102 valence electrons. The molecule has 0 amide bonds. The van der Waals surface area contributed by atoms with Gasteiger partial charge in [-0.05, 0) is 30.4 Å². The molecule has 0 aliphatic heterocycles. The number of hydrogen-bond donors (Lipinski definition) is 2. The largest absolute Gasteiger partial charge is 0.434 e. The maximum absolute atomic E-state index is 10.9. The zero-order valence-electron chi connectivity index (χ0n) is 10.1. The van der Waals surface area contributed by atoms with E-state index in [0.717, 1.165) is 0 Å². The number of thiocarbonyl (C=S) groups is 1. The molecular weight excluding hydrogens is 280 g/mol. The van der Waals surface area contributed by atoms with Gasteiger partial charge in [-0.15, -0.1) is 0 Å². The predicted octanol–water partition coefficient (Wildman–Crippen LogP) is 2.44. The number of rotatable bonds is 4. The maximum atomic E-state index is 10.9. The van der Waals surface area contributed by atoms with Crippen molar-refractivity contribution in [2.45, 2.75) is 0 Å². The highest BCUT2D eigenvalue weighted by Crippen LogP contribution is 2.29. The molecule has 0 radical (unpaired) electrons. The van der Waals surface area contributed by atoms with Crippen LogP contribution in [-0.2, 0) is 0 Å². The van der Waals surface area contributed by atoms with Gasteiger partial charge >= 0.3 is 5.69 Å². The summed E-state index contributed by atoms with van der Waals surface area (Å²) in [7, 11) is 0. The lowest BCUT2D eigenvalue weighted by Crippen LogP contribution is -2.18. The summed E-state index contributed by atoms with van der Waals surface area (Å²) in [6.07, 6.45) is 1.42. The normalized spacial score (nSPS) is 9.80. The van der Waals surface area contributed by atoms with Crippen LogP contribution in [0.5, 0.6) is 11.6 Å². The topological polar surface area (TPSA) is 103 Å². The van der Waals surface area contributed by atoms with Crippen molar-refractivity contribution < 1.29 is 9.66 Å². The van der Waals surface area contributed by atoms with Crippen LogP contribution in [0, 0.1) is 10.1 Å². The Labute approximate surface area is 119 Å². The fourth-order valence-corrected chi connectivity index (χ4v) is 1.61. The van der Waals surface area contributed by atoms with E-state index in [2.05, 4.69) is 10.3 Å². The van der Waals surface area contributed by atoms with Crippen LogP contribution in [0.2, 0.25) is 0 Å². The first kappa shape index (κ1) is 13.7. The van der Waals surface area contributed by atoms with Crippen molar-refractivity contribution in [3.63, 3.8) is 0 Å². The predicted molar refractivity (Wildman–Crippen MR) is 77.8 cm³/mol. The Morgan fingerprint density at radius 3 is 2.90 bits per heavy atom. The van der Waals surface area contributed by atoms with Crippen LogP contribution >= 0.6 is 12.2 Å². The fourth-order valence-electron chi connectivity index (χ4n) is 1.49. The average Bonchev–Trinajstić information content (AvgIpc) is 2.38. The molecule has 7 nitrogen and oxygen atoms in total. The number of anilines is 1. The minimum atomic E-state index is -0.556. The quantitative estimate of drug-likeness (QED) is 0.506. The van der Waals surface area contributed by atoms with Crippen LogP contribution in [0.15, 0.2) is 42.6 Å². The number of nitrogens with one attached hydrogen (secondary N) is 1. The number of nitrogens with zero attached hydrogens (tertiary/aromatic N) is 2. The summed E-state index contributed by atoms with van der Waals surface area (Å²) in [6, 6.07) is 9.47. The van der Waals surface area contributed by atoms with Crippen LogP contribution in [0.4, 0.5) is 11.4 Å². The molecule has 1 aromatic heterocycles. The Morgan fingerprint density at radius 1 is 1.40 bits per heavy atom. The van der Waals surface area contributed by atoms with E-state index in [4.69, 9.17) is 22.7 Å². The number of ether oxygens (including phenoxy) is 1. The van der Waals surface area contributed by atoms with E-state index in [1.807, 2.05) is 0 Å². The van der Waals surface area contributed by atoms with E-state index in [-0.39, 0.29) is 16.7 Å². The minimum absolute atomic E-state index is 0.0787. The van der Waals surface area contributed by atoms with E-state index in [1.54, 1.807) is 24.3 Å². The highest BCUT2D eigenvalue weighted by molar-refractivity contribution is 7.80. The molecule has 20 heavy (non-hydrogen) atoms. The van der Waals surface area contributed by atoms with Gasteiger partial charge in [-0.25, -0.2) is 4.98 Å². The molecule has 0 saturated heterocycles. The minimum Gasteiger partial charge on any atom is -0.434 e. The first-order valence-electron chi connectivity index (χ1n) is 5.50. The molecule has 1 heterocycles. The second-order valence-electron chi connectivity index (χ2n) is 3.70. The molecule has 0 unspecified atom stereocenters. The summed E-state index contributed by atoms with van der Waals surface area (Å²) in [5, 5.41) is 13.7. The molecule has 3 N–H and O–H groups in total. The van der Waals surface area contributed by atoms with Gasteiger partial charge in [0.2, 0.25) is 0 Å². The Balaban J connectivity index is 2.26. The molecule has 2 aromatic rings. The van der Waals surface area contributed by atoms with Gasteiger partial charge in [-0.1, -0.05) is 6.07 Å². The van der Waals surface area contributed by atoms with E-state index in [0.29, 0.717) is 11.4 Å². The number of nitro groups is 1. The molecular formula is C12H10N4O3S. The average molecular weight is 290 g/mol. The standard InChI is InChI=1S/C12H10N4O3S/c13-12(20)15-8-3-1-4-9(7-8)19-11-10(16(17)18)5-2-6-14-11/h1-7H,(H3,13,15,20). The second kappa shape index (κ2) is 5.93. The van der Waals surface area contributed by atoms with Crippen molar-refractivity contribution in [1.82, 2.24) is 4.98 Å². The number of nitrogens with two attached hydrogens (primary N) is 1. The third-order valence-electron chi connectivity index (χ3n) is 2.26. The van der Waals surface area contributed by atoms with Crippen molar-refractivity contribution in [1.29, 1.82) is 0 Å². The van der Waals surface area contributed by atoms with E-state index >= 15 is 0 Å². The first-order valence-corrected chi connectivity index (χ1v) is 5.91. The van der Waals surface area contributed by atoms with Gasteiger partial charge in [-0.3, -0.25) is 10.1 Å². The highest BCUT2D eigenvalue weighted by atomic mass is 32.1. The van der Waals surface area contributed by atoms with Crippen LogP contribution in [0.3, 0.4) is 0 Å². The summed E-state index contributed by atoms with van der Waals surface area (Å²) >= 11 is 4.73. The lowest BCUT2D eigenvalue weighted by Gasteiger charge is -2.07. The Bertz CT molecular complexity index is 663. The number of benzene rings is 1. The van der Waals surface area contributed by atoms with Gasteiger partial charge < -0.3 is 15.8 Å². The van der Waals surface area contributed by atoms with Crippen LogP contribution < -0.4 is 15.8 Å². The van der Waals surface area contributed by atoms with E-state index in [9.17, 15) is 10.1 Å². The van der Waals surface area contributed by atoms with Gasteiger partial charge in [0.15, 0.2) is 5.11 Å². The first-order chi connectivity index (χ1) is 9.56. The van der Waals surface area contributed by atoms with E-state index < -0.39 is 4.92 Å². The number of pyridine rings is 1. The number of aromatic nitrogens is 1. The smallest absolute Gasteiger partial charge is 0.331 e. The zero-order chi connectivity index (χ0) is 14.5. The maximum Gasteiger partial charge on any atom is 0.331 e. The van der Waals surface area contributed by atoms with Crippen molar-refractivity contribution in [3.05, 3.63) is 52.7 Å². The third kappa shape index (κ3) is 3.39. The Kier molecular flexibility index (Phi) is 4.06. The lowest BCUT2D eigenvalue weighted by molar-refractivity contribution is -0.386. The van der Waals surface area contributed by atoms with Gasteiger partial charge in [0.1, 0.15) is 5.75 Å². The molecule has 2 rings (SSSR count). The molecule has 1 aromatic carbocycles. The van der Waals surface area contributed by atoms with E-state index in [1.165, 1.54) is 18.3 Å². The van der Waals surface area contributed by atoms with Crippen LogP contribution in [0.25, 0.3) is 0 Å². The van der Waals surface area contributed by atoms with Crippen molar-refractivity contribution >= 4 is 28.7 Å². The summed E-state index contributed by atoms with van der Waals surface area (Å²) < 4.78 is 5.42. The third-order valence-corrected chi connectivity index (χ3v) is 2.37. The molecule has 0 spiro atoms. The fraction of sp³-hybridized carbons (Fsp3) is 0. The Morgan fingerprint density at radius 2 is 2.20 bits per heavy atom. The highest BCUT2D eigenvalue weighted by Gasteiger charge is 2.16. The molecule has 0 fully saturated rings. The van der Waals surface area contributed by atoms with Gasteiger partial charge in [0.05, 0.1) is 4.92 Å². The van der Waals surface area contributed by atoms with Gasteiger partial charge in [0, 0.05) is 24.0 Å². The molecule has 8 heteroatoms. The molecule has 0 bridgehead atoms. The molecule has 0 atom stereocenters. The van der Waals surface area contributed by atoms with Crippen LogP contribution in [0.1, 0.15) is 0 Å². The summed E-state index contributed by atoms with van der Waals surface area (Å²) in [6.45, 7) is 0. The van der Waals surface area contributed by atoms with Gasteiger partial charge in [-0.2, -0.15) is 0 Å². The van der Waals surface area contributed by atoms with Gasteiger partial charge in [0.25, 0.3) is 5.88 Å².